The summed E-state index contributed by atoms with van der Waals surface area (Å²) in [4.78, 5) is 24.9. The third kappa shape index (κ3) is 5.28. The lowest BCUT2D eigenvalue weighted by Gasteiger charge is -2.19. The first kappa shape index (κ1) is 19.4. The molecule has 0 fully saturated rings. The van der Waals surface area contributed by atoms with Gasteiger partial charge in [-0.15, -0.1) is 11.8 Å². The van der Waals surface area contributed by atoms with Crippen LogP contribution in [-0.2, 0) is 19.1 Å². The molecule has 1 aromatic carbocycles. The smallest absolute Gasteiger partial charge is 0.320 e. The van der Waals surface area contributed by atoms with Crippen molar-refractivity contribution in [3.8, 4) is 0 Å². The van der Waals surface area contributed by atoms with Crippen LogP contribution in [0, 0.1) is 12.8 Å². The Morgan fingerprint density at radius 3 is 2.16 bits per heavy atom. The van der Waals surface area contributed by atoms with Crippen LogP contribution in [0.1, 0.15) is 23.2 Å². The fraction of sp³-hybridized carbons (Fsp3) is 0.333. The Morgan fingerprint density at radius 2 is 1.68 bits per heavy atom. The number of furan rings is 1. The Bertz CT molecular complexity index is 709. The molecule has 0 aliphatic rings. The highest BCUT2D eigenvalue weighted by Crippen LogP contribution is 2.41. The number of hydrogen-bond donors (Lipinski definition) is 0. The summed E-state index contributed by atoms with van der Waals surface area (Å²) < 4.78 is 15.2. The van der Waals surface area contributed by atoms with Gasteiger partial charge >= 0.3 is 11.9 Å². The third-order valence-corrected chi connectivity index (χ3v) is 5.10. The zero-order valence-corrected chi connectivity index (χ0v) is 15.7. The molecule has 1 unspecified atom stereocenters. The maximum absolute atomic E-state index is 12.0. The Morgan fingerprint density at radius 1 is 1.08 bits per heavy atom. The molecule has 2 aromatic rings. The molecular formula is C18H19ClO5S. The zero-order chi connectivity index (χ0) is 18.4. The van der Waals surface area contributed by atoms with E-state index in [1.165, 1.54) is 26.0 Å². The SMILES string of the molecule is COC(=O)C(CC(Sc1ccc(Cl)cc1)c1ccc(C)o1)C(=O)OC. The first-order valence-corrected chi connectivity index (χ1v) is 8.84. The van der Waals surface area contributed by atoms with Gasteiger partial charge in [-0.3, -0.25) is 9.59 Å². The van der Waals surface area contributed by atoms with Crippen LogP contribution >= 0.6 is 23.4 Å². The number of esters is 2. The number of carbonyl (C=O) groups is 2. The molecule has 2 rings (SSSR count). The zero-order valence-electron chi connectivity index (χ0n) is 14.2. The first-order valence-electron chi connectivity index (χ1n) is 7.58. The molecule has 0 N–H and O–H groups in total. The quantitative estimate of drug-likeness (QED) is 0.401. The number of benzene rings is 1. The van der Waals surface area contributed by atoms with Gasteiger partial charge in [-0.25, -0.2) is 0 Å². The predicted octanol–water partition coefficient (Wildman–Crippen LogP) is 4.43. The van der Waals surface area contributed by atoms with Gasteiger partial charge in [-0.1, -0.05) is 11.6 Å². The van der Waals surface area contributed by atoms with Crippen LogP contribution in [-0.4, -0.2) is 26.2 Å². The number of rotatable bonds is 7. The predicted molar refractivity (Wildman–Crippen MR) is 95.6 cm³/mol. The van der Waals surface area contributed by atoms with Crippen LogP contribution in [0.25, 0.3) is 0 Å². The molecule has 0 radical (unpaired) electrons. The van der Waals surface area contributed by atoms with Crippen molar-refractivity contribution in [1.82, 2.24) is 0 Å². The van der Waals surface area contributed by atoms with Crippen molar-refractivity contribution in [2.75, 3.05) is 14.2 Å². The van der Waals surface area contributed by atoms with Crippen molar-refractivity contribution in [3.63, 3.8) is 0 Å². The molecular weight excluding hydrogens is 364 g/mol. The van der Waals surface area contributed by atoms with Gasteiger partial charge in [0, 0.05) is 9.92 Å². The summed E-state index contributed by atoms with van der Waals surface area (Å²) in [5, 5.41) is 0.370. The molecule has 1 heterocycles. The number of methoxy groups -OCH3 is 2. The molecule has 0 amide bonds. The van der Waals surface area contributed by atoms with Crippen LogP contribution in [0.4, 0.5) is 0 Å². The van der Waals surface area contributed by atoms with E-state index in [-0.39, 0.29) is 11.7 Å². The maximum Gasteiger partial charge on any atom is 0.320 e. The topological polar surface area (TPSA) is 65.7 Å². The van der Waals surface area contributed by atoms with E-state index >= 15 is 0 Å². The third-order valence-electron chi connectivity index (χ3n) is 3.59. The first-order chi connectivity index (χ1) is 11.9. The molecule has 0 aliphatic heterocycles. The highest BCUT2D eigenvalue weighted by atomic mass is 35.5. The molecule has 25 heavy (non-hydrogen) atoms. The van der Waals surface area contributed by atoms with E-state index in [0.717, 1.165) is 10.7 Å². The average molecular weight is 383 g/mol. The molecule has 0 saturated heterocycles. The van der Waals surface area contributed by atoms with E-state index in [2.05, 4.69) is 0 Å². The molecule has 0 spiro atoms. The number of hydrogen-bond acceptors (Lipinski definition) is 6. The molecule has 7 heteroatoms. The molecule has 0 aliphatic carbocycles. The van der Waals surface area contributed by atoms with Crippen molar-refractivity contribution in [3.05, 3.63) is 52.9 Å². The number of halogens is 1. The Balaban J connectivity index is 2.28. The Hall–Kier alpha value is -1.92. The van der Waals surface area contributed by atoms with E-state index < -0.39 is 17.9 Å². The van der Waals surface area contributed by atoms with Crippen molar-refractivity contribution >= 4 is 35.3 Å². The second-order valence-electron chi connectivity index (χ2n) is 5.34. The van der Waals surface area contributed by atoms with Gasteiger partial charge in [0.05, 0.1) is 19.5 Å². The lowest BCUT2D eigenvalue weighted by molar-refractivity contribution is -0.159. The summed E-state index contributed by atoms with van der Waals surface area (Å²) in [7, 11) is 2.49. The van der Waals surface area contributed by atoms with E-state index in [1.54, 1.807) is 12.1 Å². The fourth-order valence-corrected chi connectivity index (χ4v) is 3.59. The van der Waals surface area contributed by atoms with Gasteiger partial charge in [-0.2, -0.15) is 0 Å². The minimum Gasteiger partial charge on any atom is -0.468 e. The molecule has 0 bridgehead atoms. The standard InChI is InChI=1S/C18H19ClO5S/c1-11-4-9-15(24-11)16(25-13-7-5-12(19)6-8-13)10-14(17(20)22-2)18(21)23-3/h4-9,14,16H,10H2,1-3H3. The second-order valence-corrected chi connectivity index (χ2v) is 7.06. The van der Waals surface area contributed by atoms with E-state index in [4.69, 9.17) is 25.5 Å². The van der Waals surface area contributed by atoms with Gasteiger partial charge < -0.3 is 13.9 Å². The monoisotopic (exact) mass is 382 g/mol. The van der Waals surface area contributed by atoms with Crippen molar-refractivity contribution in [2.45, 2.75) is 23.5 Å². The van der Waals surface area contributed by atoms with E-state index in [1.807, 2.05) is 31.2 Å². The van der Waals surface area contributed by atoms with Gasteiger partial charge in [0.1, 0.15) is 11.5 Å². The number of carbonyl (C=O) groups excluding carboxylic acids is 2. The summed E-state index contributed by atoms with van der Waals surface area (Å²) in [6.45, 7) is 1.84. The molecule has 134 valence electrons. The number of ether oxygens (including phenoxy) is 2. The summed E-state index contributed by atoms with van der Waals surface area (Å²) in [6, 6.07) is 11.0. The van der Waals surface area contributed by atoms with Crippen molar-refractivity contribution < 1.29 is 23.5 Å². The minimum atomic E-state index is -1.02. The van der Waals surface area contributed by atoms with Gasteiger partial charge in [-0.05, 0) is 49.7 Å². The van der Waals surface area contributed by atoms with E-state index in [0.29, 0.717) is 10.8 Å². The van der Waals surface area contributed by atoms with Gasteiger partial charge in [0.2, 0.25) is 0 Å². The lowest BCUT2D eigenvalue weighted by atomic mass is 10.0. The molecule has 5 nitrogen and oxygen atoms in total. The largest absolute Gasteiger partial charge is 0.468 e. The lowest BCUT2D eigenvalue weighted by Crippen LogP contribution is -2.27. The van der Waals surface area contributed by atoms with Crippen molar-refractivity contribution in [2.24, 2.45) is 5.92 Å². The second kappa shape index (κ2) is 8.97. The normalized spacial score (nSPS) is 12.0. The summed E-state index contributed by atoms with van der Waals surface area (Å²) in [6.07, 6.45) is 0.194. The highest BCUT2D eigenvalue weighted by Gasteiger charge is 2.33. The van der Waals surface area contributed by atoms with E-state index in [9.17, 15) is 9.59 Å². The molecule has 1 aromatic heterocycles. The average Bonchev–Trinajstić information content (AvgIpc) is 3.05. The summed E-state index contributed by atoms with van der Waals surface area (Å²) >= 11 is 7.40. The van der Waals surface area contributed by atoms with Gasteiger partial charge in [0.25, 0.3) is 0 Å². The molecule has 0 saturated carbocycles. The van der Waals surface area contributed by atoms with Crippen LogP contribution in [0.3, 0.4) is 0 Å². The Labute approximate surface area is 155 Å². The van der Waals surface area contributed by atoms with Gasteiger partial charge in [0.15, 0.2) is 5.92 Å². The number of thioether (sulfide) groups is 1. The highest BCUT2D eigenvalue weighted by molar-refractivity contribution is 7.99. The molecule has 1 atom stereocenters. The van der Waals surface area contributed by atoms with Crippen LogP contribution in [0.5, 0.6) is 0 Å². The van der Waals surface area contributed by atoms with Crippen LogP contribution < -0.4 is 0 Å². The minimum absolute atomic E-state index is 0.194. The fourth-order valence-electron chi connectivity index (χ4n) is 2.31. The summed E-state index contributed by atoms with van der Waals surface area (Å²) in [5.74, 6) is -0.849. The van der Waals surface area contributed by atoms with Crippen LogP contribution in [0.2, 0.25) is 5.02 Å². The van der Waals surface area contributed by atoms with Crippen LogP contribution in [0.15, 0.2) is 45.7 Å². The Kier molecular flexibility index (Phi) is 6.96. The maximum atomic E-state index is 12.0. The number of aryl methyl sites for hydroxylation is 1. The van der Waals surface area contributed by atoms with Crippen molar-refractivity contribution in [1.29, 1.82) is 0 Å². The summed E-state index contributed by atoms with van der Waals surface area (Å²) in [5.41, 5.74) is 0.